The number of halogens is 1. The van der Waals surface area contributed by atoms with Crippen LogP contribution in [0.15, 0.2) is 11.1 Å². The van der Waals surface area contributed by atoms with E-state index >= 15 is 0 Å². The van der Waals surface area contributed by atoms with Crippen LogP contribution in [0.3, 0.4) is 0 Å². The maximum atomic E-state index is 11.1. The minimum absolute atomic E-state index is 0.0242. The summed E-state index contributed by atoms with van der Waals surface area (Å²) in [6, 6.07) is 0. The molecule has 1 aliphatic rings. The number of hydrogen-bond donors (Lipinski definition) is 0. The second kappa shape index (κ2) is 3.72. The Kier molecular flexibility index (Phi) is 2.87. The van der Waals surface area contributed by atoms with Crippen LogP contribution >= 0.6 is 11.6 Å². The summed E-state index contributed by atoms with van der Waals surface area (Å²) in [6.45, 7) is 2.47. The molecule has 12 heavy (non-hydrogen) atoms. The van der Waals surface area contributed by atoms with Crippen molar-refractivity contribution in [3.8, 4) is 0 Å². The van der Waals surface area contributed by atoms with Gasteiger partial charge in [0.25, 0.3) is 11.8 Å². The van der Waals surface area contributed by atoms with E-state index in [1.807, 2.05) is 6.92 Å². The van der Waals surface area contributed by atoms with Crippen LogP contribution < -0.4 is 0 Å². The summed E-state index contributed by atoms with van der Waals surface area (Å²) in [7, 11) is 0. The van der Waals surface area contributed by atoms with Gasteiger partial charge in [0.1, 0.15) is 5.03 Å². The standard InChI is InChI=1S/C8H10ClNO2/c1-2-3-4-10-7(11)5-6(9)8(10)12/h5H,2-4H2,1H3. The summed E-state index contributed by atoms with van der Waals surface area (Å²) >= 11 is 5.48. The van der Waals surface area contributed by atoms with E-state index in [1.165, 1.54) is 11.0 Å². The van der Waals surface area contributed by atoms with Crippen LogP contribution in [-0.2, 0) is 9.59 Å². The van der Waals surface area contributed by atoms with Crippen molar-refractivity contribution in [2.24, 2.45) is 0 Å². The first-order valence-corrected chi connectivity index (χ1v) is 4.27. The monoisotopic (exact) mass is 187 g/mol. The fraction of sp³-hybridized carbons (Fsp3) is 0.500. The fourth-order valence-electron chi connectivity index (χ4n) is 1.01. The number of nitrogens with zero attached hydrogens (tertiary/aromatic N) is 1. The van der Waals surface area contributed by atoms with Crippen LogP contribution in [-0.4, -0.2) is 23.3 Å². The van der Waals surface area contributed by atoms with Crippen LogP contribution in [0.5, 0.6) is 0 Å². The van der Waals surface area contributed by atoms with Crippen molar-refractivity contribution < 1.29 is 9.59 Å². The Morgan fingerprint density at radius 3 is 2.58 bits per heavy atom. The molecule has 1 heterocycles. The molecular weight excluding hydrogens is 178 g/mol. The summed E-state index contributed by atoms with van der Waals surface area (Å²) in [6.07, 6.45) is 2.95. The molecule has 4 heteroatoms. The highest BCUT2D eigenvalue weighted by Crippen LogP contribution is 2.16. The lowest BCUT2D eigenvalue weighted by Crippen LogP contribution is -2.31. The Balaban J connectivity index is 2.58. The minimum Gasteiger partial charge on any atom is -0.274 e. The van der Waals surface area contributed by atoms with E-state index in [4.69, 9.17) is 11.6 Å². The van der Waals surface area contributed by atoms with E-state index in [0.29, 0.717) is 6.54 Å². The number of hydrogen-bond acceptors (Lipinski definition) is 2. The van der Waals surface area contributed by atoms with Crippen molar-refractivity contribution in [2.45, 2.75) is 19.8 Å². The number of unbranched alkanes of at least 4 members (excludes halogenated alkanes) is 1. The van der Waals surface area contributed by atoms with Crippen molar-refractivity contribution in [2.75, 3.05) is 6.54 Å². The number of imide groups is 1. The van der Waals surface area contributed by atoms with Gasteiger partial charge in [0.15, 0.2) is 0 Å². The molecule has 66 valence electrons. The van der Waals surface area contributed by atoms with Crippen molar-refractivity contribution in [1.82, 2.24) is 4.90 Å². The third-order valence-electron chi connectivity index (χ3n) is 1.70. The highest BCUT2D eigenvalue weighted by atomic mass is 35.5. The van der Waals surface area contributed by atoms with E-state index in [1.54, 1.807) is 0 Å². The molecule has 3 nitrogen and oxygen atoms in total. The molecule has 0 bridgehead atoms. The number of carbonyl (C=O) groups is 2. The molecule has 0 aromatic carbocycles. The highest BCUT2D eigenvalue weighted by molar-refractivity contribution is 6.46. The van der Waals surface area contributed by atoms with Crippen LogP contribution in [0.2, 0.25) is 0 Å². The second-order valence-electron chi connectivity index (χ2n) is 2.64. The number of carbonyl (C=O) groups excluding carboxylic acids is 2. The highest BCUT2D eigenvalue weighted by Gasteiger charge is 2.28. The predicted molar refractivity (Wildman–Crippen MR) is 45.6 cm³/mol. The van der Waals surface area contributed by atoms with Gasteiger partial charge in [-0.1, -0.05) is 24.9 Å². The quantitative estimate of drug-likeness (QED) is 0.625. The molecule has 0 unspecified atom stereocenters. The molecule has 0 aromatic rings. The third kappa shape index (κ3) is 1.67. The van der Waals surface area contributed by atoms with Gasteiger partial charge in [0.05, 0.1) is 0 Å². The average Bonchev–Trinajstić information content (AvgIpc) is 2.25. The Morgan fingerprint density at radius 1 is 1.50 bits per heavy atom. The zero-order valence-corrected chi connectivity index (χ0v) is 7.60. The van der Waals surface area contributed by atoms with E-state index in [2.05, 4.69) is 0 Å². The molecule has 0 aromatic heterocycles. The lowest BCUT2D eigenvalue weighted by Gasteiger charge is -2.12. The minimum atomic E-state index is -0.366. The van der Waals surface area contributed by atoms with Crippen molar-refractivity contribution in [3.05, 3.63) is 11.1 Å². The molecule has 0 atom stereocenters. The van der Waals surface area contributed by atoms with E-state index in [9.17, 15) is 9.59 Å². The molecule has 1 rings (SSSR count). The SMILES string of the molecule is CCCCN1C(=O)C=C(Cl)C1=O. The van der Waals surface area contributed by atoms with Gasteiger partial charge in [-0.15, -0.1) is 0 Å². The predicted octanol–water partition coefficient (Wildman–Crippen LogP) is 1.28. The van der Waals surface area contributed by atoms with Gasteiger partial charge < -0.3 is 0 Å². The fourth-order valence-corrected chi connectivity index (χ4v) is 1.20. The molecule has 1 aliphatic heterocycles. The Hall–Kier alpha value is -0.830. The summed E-state index contributed by atoms with van der Waals surface area (Å²) in [5, 5.41) is 0.0242. The van der Waals surface area contributed by atoms with Gasteiger partial charge in [0, 0.05) is 12.6 Å². The largest absolute Gasteiger partial charge is 0.274 e. The van der Waals surface area contributed by atoms with Crippen LogP contribution in [0, 0.1) is 0 Å². The molecule has 0 N–H and O–H groups in total. The Bertz CT molecular complexity index is 247. The Labute approximate surface area is 76.0 Å². The first-order valence-electron chi connectivity index (χ1n) is 3.90. The summed E-state index contributed by atoms with van der Waals surface area (Å²) in [4.78, 5) is 23.3. The maximum absolute atomic E-state index is 11.1. The molecule has 0 radical (unpaired) electrons. The molecule has 2 amide bonds. The zero-order valence-electron chi connectivity index (χ0n) is 6.84. The van der Waals surface area contributed by atoms with E-state index in [0.717, 1.165) is 12.8 Å². The topological polar surface area (TPSA) is 37.4 Å². The normalized spacial score (nSPS) is 17.2. The van der Waals surface area contributed by atoms with Gasteiger partial charge >= 0.3 is 0 Å². The van der Waals surface area contributed by atoms with Crippen LogP contribution in [0.25, 0.3) is 0 Å². The molecule has 0 saturated heterocycles. The molecule has 0 spiro atoms. The van der Waals surface area contributed by atoms with Gasteiger partial charge in [-0.3, -0.25) is 14.5 Å². The summed E-state index contributed by atoms with van der Waals surface area (Å²) in [5.74, 6) is -0.659. The average molecular weight is 188 g/mol. The molecule has 0 aliphatic carbocycles. The van der Waals surface area contributed by atoms with Crippen LogP contribution in [0.1, 0.15) is 19.8 Å². The van der Waals surface area contributed by atoms with Crippen molar-refractivity contribution in [1.29, 1.82) is 0 Å². The van der Waals surface area contributed by atoms with Crippen molar-refractivity contribution >= 4 is 23.4 Å². The molecule has 0 fully saturated rings. The lowest BCUT2D eigenvalue weighted by atomic mass is 10.3. The second-order valence-corrected chi connectivity index (χ2v) is 3.05. The zero-order chi connectivity index (χ0) is 9.14. The Morgan fingerprint density at radius 2 is 2.17 bits per heavy atom. The molecule has 0 saturated carbocycles. The van der Waals surface area contributed by atoms with Crippen molar-refractivity contribution in [3.63, 3.8) is 0 Å². The van der Waals surface area contributed by atoms with E-state index in [-0.39, 0.29) is 16.8 Å². The van der Waals surface area contributed by atoms with Gasteiger partial charge in [-0.25, -0.2) is 0 Å². The number of amides is 2. The van der Waals surface area contributed by atoms with Crippen LogP contribution in [0.4, 0.5) is 0 Å². The first-order chi connectivity index (χ1) is 5.66. The van der Waals surface area contributed by atoms with Gasteiger partial charge in [0.2, 0.25) is 0 Å². The number of rotatable bonds is 3. The maximum Gasteiger partial charge on any atom is 0.272 e. The van der Waals surface area contributed by atoms with Gasteiger partial charge in [-0.05, 0) is 6.42 Å². The lowest BCUT2D eigenvalue weighted by molar-refractivity contribution is -0.136. The molecular formula is C8H10ClNO2. The third-order valence-corrected chi connectivity index (χ3v) is 1.97. The van der Waals surface area contributed by atoms with E-state index < -0.39 is 0 Å². The summed E-state index contributed by atoms with van der Waals surface area (Å²) in [5.41, 5.74) is 0. The summed E-state index contributed by atoms with van der Waals surface area (Å²) < 4.78 is 0. The smallest absolute Gasteiger partial charge is 0.272 e. The first kappa shape index (κ1) is 9.26. The van der Waals surface area contributed by atoms with Gasteiger partial charge in [-0.2, -0.15) is 0 Å².